The summed E-state index contributed by atoms with van der Waals surface area (Å²) in [5, 5.41) is 6.86. The average molecular weight is 297 g/mol. The lowest BCUT2D eigenvalue weighted by atomic mass is 9.95. The summed E-state index contributed by atoms with van der Waals surface area (Å²) in [4.78, 5) is 8.70. The lowest BCUT2D eigenvalue weighted by molar-refractivity contribution is 0.338. The SMILES string of the molecule is Clc1cn(CCC2CCNCC2)c(-c2nccs2)n1. The Hall–Kier alpha value is -0.910. The molecule has 0 aliphatic carbocycles. The van der Waals surface area contributed by atoms with E-state index in [4.69, 9.17) is 11.6 Å². The Morgan fingerprint density at radius 2 is 2.26 bits per heavy atom. The van der Waals surface area contributed by atoms with Crippen LogP contribution in [0.15, 0.2) is 17.8 Å². The summed E-state index contributed by atoms with van der Waals surface area (Å²) in [5.41, 5.74) is 0. The zero-order chi connectivity index (χ0) is 13.1. The fourth-order valence-corrected chi connectivity index (χ4v) is 3.39. The van der Waals surface area contributed by atoms with Gasteiger partial charge in [-0.3, -0.25) is 0 Å². The van der Waals surface area contributed by atoms with E-state index in [1.54, 1.807) is 17.5 Å². The zero-order valence-electron chi connectivity index (χ0n) is 10.7. The number of hydrogen-bond acceptors (Lipinski definition) is 4. The van der Waals surface area contributed by atoms with Gasteiger partial charge in [0.15, 0.2) is 10.8 Å². The van der Waals surface area contributed by atoms with Gasteiger partial charge in [0.25, 0.3) is 0 Å². The van der Waals surface area contributed by atoms with E-state index in [0.29, 0.717) is 5.15 Å². The van der Waals surface area contributed by atoms with Crippen molar-refractivity contribution in [1.29, 1.82) is 0 Å². The fraction of sp³-hybridized carbons (Fsp3) is 0.538. The van der Waals surface area contributed by atoms with Gasteiger partial charge in [0.05, 0.1) is 0 Å². The molecular weight excluding hydrogens is 280 g/mol. The Labute approximate surface area is 121 Å². The predicted octanol–water partition coefficient (Wildman–Crippen LogP) is 3.05. The van der Waals surface area contributed by atoms with E-state index in [9.17, 15) is 0 Å². The van der Waals surface area contributed by atoms with Crippen LogP contribution < -0.4 is 5.32 Å². The molecule has 0 atom stereocenters. The van der Waals surface area contributed by atoms with E-state index in [0.717, 1.165) is 36.4 Å². The maximum atomic E-state index is 6.04. The Morgan fingerprint density at radius 1 is 1.42 bits per heavy atom. The largest absolute Gasteiger partial charge is 0.327 e. The van der Waals surface area contributed by atoms with Crippen LogP contribution in [0.5, 0.6) is 0 Å². The van der Waals surface area contributed by atoms with E-state index in [1.807, 2.05) is 11.6 Å². The van der Waals surface area contributed by atoms with Crippen molar-refractivity contribution in [3.63, 3.8) is 0 Å². The first-order valence-corrected chi connectivity index (χ1v) is 7.92. The van der Waals surface area contributed by atoms with E-state index in [1.165, 1.54) is 19.3 Å². The molecule has 1 saturated heterocycles. The molecule has 2 aromatic heterocycles. The van der Waals surface area contributed by atoms with Crippen LogP contribution in [-0.4, -0.2) is 27.6 Å². The quantitative estimate of drug-likeness (QED) is 0.943. The highest BCUT2D eigenvalue weighted by Gasteiger charge is 2.15. The second-order valence-electron chi connectivity index (χ2n) is 4.90. The van der Waals surface area contributed by atoms with Gasteiger partial charge in [0, 0.05) is 24.3 Å². The number of halogens is 1. The Balaban J connectivity index is 1.70. The molecule has 0 aromatic carbocycles. The number of hydrogen-bond donors (Lipinski definition) is 1. The van der Waals surface area contributed by atoms with E-state index in [2.05, 4.69) is 19.9 Å². The molecule has 0 unspecified atom stereocenters. The minimum Gasteiger partial charge on any atom is -0.327 e. The van der Waals surface area contributed by atoms with Crippen LogP contribution >= 0.6 is 22.9 Å². The second-order valence-corrected chi connectivity index (χ2v) is 6.18. The molecule has 102 valence electrons. The van der Waals surface area contributed by atoms with Crippen LogP contribution in [0.2, 0.25) is 5.15 Å². The first kappa shape index (κ1) is 13.1. The molecule has 1 aliphatic rings. The van der Waals surface area contributed by atoms with E-state index in [-0.39, 0.29) is 0 Å². The molecule has 2 aromatic rings. The molecule has 0 saturated carbocycles. The second kappa shape index (κ2) is 6.03. The van der Waals surface area contributed by atoms with Gasteiger partial charge in [-0.25, -0.2) is 9.97 Å². The standard InChI is InChI=1S/C13H17ClN4S/c14-11-9-18(7-3-10-1-4-15-5-2-10)12(17-11)13-16-6-8-19-13/h6,8-10,15H,1-5,7H2. The fourth-order valence-electron chi connectivity index (χ4n) is 2.55. The summed E-state index contributed by atoms with van der Waals surface area (Å²) in [6.45, 7) is 3.27. The summed E-state index contributed by atoms with van der Waals surface area (Å²) in [7, 11) is 0. The number of nitrogens with zero attached hydrogens (tertiary/aromatic N) is 3. The van der Waals surface area contributed by atoms with Gasteiger partial charge >= 0.3 is 0 Å². The number of piperidine rings is 1. The predicted molar refractivity (Wildman–Crippen MR) is 78.6 cm³/mol. The van der Waals surface area contributed by atoms with Crippen molar-refractivity contribution in [1.82, 2.24) is 19.9 Å². The van der Waals surface area contributed by atoms with Gasteiger partial charge in [-0.2, -0.15) is 0 Å². The summed E-state index contributed by atoms with van der Waals surface area (Å²) in [6.07, 6.45) is 7.45. The first-order chi connectivity index (χ1) is 9.33. The number of aryl methyl sites for hydroxylation is 1. The molecule has 3 heterocycles. The third kappa shape index (κ3) is 3.16. The van der Waals surface area contributed by atoms with Crippen molar-refractivity contribution in [2.45, 2.75) is 25.8 Å². The highest BCUT2D eigenvalue weighted by molar-refractivity contribution is 7.13. The smallest absolute Gasteiger partial charge is 0.170 e. The number of nitrogens with one attached hydrogen (secondary N) is 1. The third-order valence-electron chi connectivity index (χ3n) is 3.61. The monoisotopic (exact) mass is 296 g/mol. The Kier molecular flexibility index (Phi) is 4.15. The van der Waals surface area contributed by atoms with Crippen LogP contribution in [0.1, 0.15) is 19.3 Å². The maximum Gasteiger partial charge on any atom is 0.170 e. The molecule has 19 heavy (non-hydrogen) atoms. The van der Waals surface area contributed by atoms with Crippen LogP contribution in [-0.2, 0) is 6.54 Å². The van der Waals surface area contributed by atoms with Crippen LogP contribution in [0.4, 0.5) is 0 Å². The van der Waals surface area contributed by atoms with E-state index < -0.39 is 0 Å². The van der Waals surface area contributed by atoms with Crippen molar-refractivity contribution in [3.8, 4) is 10.8 Å². The van der Waals surface area contributed by atoms with Gasteiger partial charge in [-0.1, -0.05) is 11.6 Å². The molecule has 6 heteroatoms. The van der Waals surface area contributed by atoms with Crippen LogP contribution in [0.3, 0.4) is 0 Å². The van der Waals surface area contributed by atoms with E-state index >= 15 is 0 Å². The minimum atomic E-state index is 0.551. The van der Waals surface area contributed by atoms with Crippen LogP contribution in [0, 0.1) is 5.92 Å². The number of thiazole rings is 1. The maximum absolute atomic E-state index is 6.04. The van der Waals surface area contributed by atoms with Gasteiger partial charge in [0.2, 0.25) is 0 Å². The van der Waals surface area contributed by atoms with Crippen LogP contribution in [0.25, 0.3) is 10.8 Å². The zero-order valence-corrected chi connectivity index (χ0v) is 12.3. The molecule has 1 fully saturated rings. The van der Waals surface area contributed by atoms with Crippen molar-refractivity contribution >= 4 is 22.9 Å². The first-order valence-electron chi connectivity index (χ1n) is 6.66. The molecule has 1 aliphatic heterocycles. The van der Waals surface area contributed by atoms with Crippen molar-refractivity contribution in [2.24, 2.45) is 5.92 Å². The molecular formula is C13H17ClN4S. The molecule has 4 nitrogen and oxygen atoms in total. The summed E-state index contributed by atoms with van der Waals surface area (Å²) in [6, 6.07) is 0. The topological polar surface area (TPSA) is 42.7 Å². The van der Waals surface area contributed by atoms with Crippen molar-refractivity contribution < 1.29 is 0 Å². The molecule has 0 amide bonds. The Bertz CT molecular complexity index is 517. The van der Waals surface area contributed by atoms with Crippen molar-refractivity contribution in [3.05, 3.63) is 22.9 Å². The summed E-state index contributed by atoms with van der Waals surface area (Å²) >= 11 is 7.64. The van der Waals surface area contributed by atoms with Gasteiger partial charge in [-0.05, 0) is 38.3 Å². The number of aromatic nitrogens is 3. The minimum absolute atomic E-state index is 0.551. The van der Waals surface area contributed by atoms with Crippen molar-refractivity contribution in [2.75, 3.05) is 13.1 Å². The number of imidazole rings is 1. The lowest BCUT2D eigenvalue weighted by Crippen LogP contribution is -2.28. The number of rotatable bonds is 4. The molecule has 0 radical (unpaired) electrons. The van der Waals surface area contributed by atoms with Gasteiger partial charge < -0.3 is 9.88 Å². The molecule has 3 rings (SSSR count). The molecule has 1 N–H and O–H groups in total. The lowest BCUT2D eigenvalue weighted by Gasteiger charge is -2.22. The van der Waals surface area contributed by atoms with Gasteiger partial charge in [0.1, 0.15) is 5.15 Å². The third-order valence-corrected chi connectivity index (χ3v) is 4.56. The normalized spacial score (nSPS) is 16.9. The molecule has 0 spiro atoms. The molecule has 0 bridgehead atoms. The highest BCUT2D eigenvalue weighted by Crippen LogP contribution is 2.25. The Morgan fingerprint density at radius 3 is 3.00 bits per heavy atom. The summed E-state index contributed by atoms with van der Waals surface area (Å²) in [5.74, 6) is 1.71. The average Bonchev–Trinajstić information content (AvgIpc) is 3.06. The highest BCUT2D eigenvalue weighted by atomic mass is 35.5. The van der Waals surface area contributed by atoms with Gasteiger partial charge in [-0.15, -0.1) is 11.3 Å². The summed E-state index contributed by atoms with van der Waals surface area (Å²) < 4.78 is 2.14.